The molecular weight excluding hydrogens is 472 g/mol. The average molecular weight is 515 g/mol. The summed E-state index contributed by atoms with van der Waals surface area (Å²) in [7, 11) is 4.25. The van der Waals surface area contributed by atoms with Gasteiger partial charge in [-0.15, -0.1) is 0 Å². The molecule has 0 unspecified atom stereocenters. The van der Waals surface area contributed by atoms with Crippen LogP contribution in [0, 0.1) is 0 Å². The van der Waals surface area contributed by atoms with E-state index in [0.717, 1.165) is 63.0 Å². The van der Waals surface area contributed by atoms with E-state index < -0.39 is 5.41 Å². The van der Waals surface area contributed by atoms with Crippen LogP contribution in [-0.2, 0) is 27.0 Å². The maximum Gasteiger partial charge on any atom is 0.316 e. The fourth-order valence-electron chi connectivity index (χ4n) is 5.61. The Labute approximate surface area is 228 Å². The summed E-state index contributed by atoms with van der Waals surface area (Å²) in [6.45, 7) is 4.59. The molecule has 5 nitrogen and oxygen atoms in total. The van der Waals surface area contributed by atoms with E-state index in [9.17, 15) is 9.90 Å². The highest BCUT2D eigenvalue weighted by molar-refractivity contribution is 5.83. The molecule has 0 atom stereocenters. The lowest BCUT2D eigenvalue weighted by molar-refractivity contribution is -0.154. The van der Waals surface area contributed by atoms with Crippen LogP contribution in [0.1, 0.15) is 42.4 Å². The Morgan fingerprint density at radius 2 is 1.16 bits per heavy atom. The number of hydrogen-bond donors (Lipinski definition) is 1. The zero-order valence-electron chi connectivity index (χ0n) is 22.9. The quantitative estimate of drug-likeness (QED) is 0.468. The van der Waals surface area contributed by atoms with E-state index in [0.29, 0.717) is 6.61 Å². The normalized spacial score (nSPS) is 19.1. The zero-order valence-corrected chi connectivity index (χ0v) is 22.9. The molecule has 0 amide bonds. The second-order valence-electron chi connectivity index (χ2n) is 10.9. The number of aliphatic hydroxyl groups excluding tert-OH is 1. The Hall–Kier alpha value is -2.99. The van der Waals surface area contributed by atoms with Gasteiger partial charge in [0.05, 0.1) is 12.0 Å². The molecule has 38 heavy (non-hydrogen) atoms. The minimum atomic E-state index is -0.511. The molecule has 2 aliphatic heterocycles. The van der Waals surface area contributed by atoms with E-state index in [-0.39, 0.29) is 18.0 Å². The van der Waals surface area contributed by atoms with Gasteiger partial charge in [0.25, 0.3) is 0 Å². The summed E-state index contributed by atoms with van der Waals surface area (Å²) in [5, 5.41) is 9.66. The molecule has 1 N–H and O–H groups in total. The van der Waals surface area contributed by atoms with Crippen LogP contribution in [0.3, 0.4) is 0 Å². The van der Waals surface area contributed by atoms with Gasteiger partial charge in [-0.05, 0) is 82.6 Å². The molecule has 2 fully saturated rings. The summed E-state index contributed by atoms with van der Waals surface area (Å²) in [4.78, 5) is 17.6. The molecule has 0 aromatic heterocycles. The summed E-state index contributed by atoms with van der Waals surface area (Å²) in [6, 6.07) is 30.4. The molecule has 2 heterocycles. The van der Waals surface area contributed by atoms with Crippen LogP contribution >= 0.6 is 0 Å². The number of esters is 1. The predicted molar refractivity (Wildman–Crippen MR) is 153 cm³/mol. The van der Waals surface area contributed by atoms with Crippen LogP contribution in [0.4, 0.5) is 0 Å². The van der Waals surface area contributed by atoms with Crippen molar-refractivity contribution in [3.8, 4) is 0 Å². The molecule has 2 aliphatic rings. The van der Waals surface area contributed by atoms with E-state index in [1.807, 2.05) is 54.6 Å². The second-order valence-corrected chi connectivity index (χ2v) is 10.9. The summed E-state index contributed by atoms with van der Waals surface area (Å²) in [5.41, 5.74) is 2.89. The van der Waals surface area contributed by atoms with Crippen LogP contribution in [0.2, 0.25) is 0 Å². The number of likely N-dealkylation sites (tertiary alicyclic amines) is 2. The van der Waals surface area contributed by atoms with Crippen molar-refractivity contribution in [3.63, 3.8) is 0 Å². The molecule has 3 aromatic rings. The highest BCUT2D eigenvalue weighted by atomic mass is 16.5. The molecule has 202 valence electrons. The Balaban J connectivity index is 0.000000194. The van der Waals surface area contributed by atoms with Gasteiger partial charge in [0.1, 0.15) is 6.61 Å². The van der Waals surface area contributed by atoms with Gasteiger partial charge in [-0.2, -0.15) is 0 Å². The van der Waals surface area contributed by atoms with Crippen molar-refractivity contribution in [2.75, 3.05) is 46.9 Å². The molecule has 0 bridgehead atoms. The summed E-state index contributed by atoms with van der Waals surface area (Å²) >= 11 is 0. The van der Waals surface area contributed by atoms with Crippen molar-refractivity contribution in [1.82, 2.24) is 9.80 Å². The van der Waals surface area contributed by atoms with E-state index >= 15 is 0 Å². The van der Waals surface area contributed by atoms with Gasteiger partial charge in [0.15, 0.2) is 0 Å². The second kappa shape index (κ2) is 13.2. The number of benzene rings is 3. The minimum absolute atomic E-state index is 0.00771. The van der Waals surface area contributed by atoms with E-state index in [4.69, 9.17) is 4.74 Å². The summed E-state index contributed by atoms with van der Waals surface area (Å²) < 4.78 is 5.70. The van der Waals surface area contributed by atoms with Gasteiger partial charge in [0, 0.05) is 5.41 Å². The fourth-order valence-corrected chi connectivity index (χ4v) is 5.61. The van der Waals surface area contributed by atoms with Gasteiger partial charge in [-0.3, -0.25) is 4.79 Å². The van der Waals surface area contributed by atoms with Crippen molar-refractivity contribution in [2.45, 2.75) is 43.1 Å². The van der Waals surface area contributed by atoms with Gasteiger partial charge in [-0.25, -0.2) is 0 Å². The standard InChI is InChI=1S/C20H23NO2.C13H19NO/c1-21-14-12-20(13-15-21,18-10-6-3-7-11-18)19(22)23-16-17-8-4-2-5-9-17;1-14-9-7-13(11-15,8-10-14)12-5-3-2-4-6-12/h2-11H,12-16H2,1H3;2-6,15H,7-11H2,1H3. The monoisotopic (exact) mass is 514 g/mol. The third kappa shape index (κ3) is 6.71. The average Bonchev–Trinajstić information content (AvgIpc) is 2.99. The first-order chi connectivity index (χ1) is 18.5. The van der Waals surface area contributed by atoms with E-state index in [1.165, 1.54) is 5.56 Å². The number of ether oxygens (including phenoxy) is 1. The first-order valence-electron chi connectivity index (χ1n) is 13.8. The summed E-state index contributed by atoms with van der Waals surface area (Å²) in [6.07, 6.45) is 3.73. The molecule has 5 rings (SSSR count). The first kappa shape index (κ1) is 28.0. The third-order valence-corrected chi connectivity index (χ3v) is 8.40. The molecule has 0 radical (unpaired) electrons. The van der Waals surface area contributed by atoms with Crippen LogP contribution < -0.4 is 0 Å². The summed E-state index contributed by atoms with van der Waals surface area (Å²) in [5.74, 6) is -0.0966. The van der Waals surface area contributed by atoms with Crippen LogP contribution in [-0.4, -0.2) is 67.8 Å². The maximum atomic E-state index is 13.0. The Kier molecular flexibility index (Phi) is 9.73. The van der Waals surface area contributed by atoms with Gasteiger partial charge < -0.3 is 19.6 Å². The Bertz CT molecular complexity index is 1100. The number of carbonyl (C=O) groups is 1. The van der Waals surface area contributed by atoms with Crippen molar-refractivity contribution >= 4 is 5.97 Å². The van der Waals surface area contributed by atoms with Crippen molar-refractivity contribution in [3.05, 3.63) is 108 Å². The highest BCUT2D eigenvalue weighted by Gasteiger charge is 2.43. The minimum Gasteiger partial charge on any atom is -0.460 e. The fraction of sp³-hybridized carbons (Fsp3) is 0.424. The Morgan fingerprint density at radius 1 is 0.711 bits per heavy atom. The number of rotatable bonds is 6. The molecule has 3 aromatic carbocycles. The van der Waals surface area contributed by atoms with E-state index in [2.05, 4.69) is 60.3 Å². The number of nitrogens with zero attached hydrogens (tertiary/aromatic N) is 2. The van der Waals surface area contributed by atoms with Crippen molar-refractivity contribution in [1.29, 1.82) is 0 Å². The lowest BCUT2D eigenvalue weighted by atomic mass is 9.73. The molecule has 0 saturated carbocycles. The molecular formula is C33H42N2O3. The topological polar surface area (TPSA) is 53.0 Å². The van der Waals surface area contributed by atoms with Gasteiger partial charge >= 0.3 is 5.97 Å². The highest BCUT2D eigenvalue weighted by Crippen LogP contribution is 2.37. The van der Waals surface area contributed by atoms with Crippen LogP contribution in [0.5, 0.6) is 0 Å². The van der Waals surface area contributed by atoms with Crippen LogP contribution in [0.25, 0.3) is 0 Å². The number of piperidine rings is 2. The van der Waals surface area contributed by atoms with Gasteiger partial charge in [-0.1, -0.05) is 91.0 Å². The van der Waals surface area contributed by atoms with Crippen molar-refractivity contribution < 1.29 is 14.6 Å². The zero-order chi connectivity index (χ0) is 26.8. The predicted octanol–water partition coefficient (Wildman–Crippen LogP) is 5.04. The third-order valence-electron chi connectivity index (χ3n) is 8.40. The Morgan fingerprint density at radius 3 is 1.66 bits per heavy atom. The molecule has 2 saturated heterocycles. The largest absolute Gasteiger partial charge is 0.460 e. The van der Waals surface area contributed by atoms with Gasteiger partial charge in [0.2, 0.25) is 0 Å². The lowest BCUT2D eigenvalue weighted by Gasteiger charge is -2.39. The molecule has 0 spiro atoms. The lowest BCUT2D eigenvalue weighted by Crippen LogP contribution is -2.46. The molecule has 5 heteroatoms. The number of aliphatic hydroxyl groups is 1. The molecule has 0 aliphatic carbocycles. The SMILES string of the molecule is CN1CCC(C(=O)OCc2ccccc2)(c2ccccc2)CC1.CN1CCC(CO)(c2ccccc2)CC1. The number of carbonyl (C=O) groups excluding carboxylic acids is 1. The smallest absolute Gasteiger partial charge is 0.316 e. The maximum absolute atomic E-state index is 13.0. The first-order valence-corrected chi connectivity index (χ1v) is 13.8. The van der Waals surface area contributed by atoms with Crippen LogP contribution in [0.15, 0.2) is 91.0 Å². The van der Waals surface area contributed by atoms with Crippen molar-refractivity contribution in [2.24, 2.45) is 0 Å². The van der Waals surface area contributed by atoms with E-state index in [1.54, 1.807) is 0 Å². The number of hydrogen-bond acceptors (Lipinski definition) is 5.